The van der Waals surface area contributed by atoms with Gasteiger partial charge in [0.05, 0.1) is 0 Å². The van der Waals surface area contributed by atoms with Crippen LogP contribution in [-0.2, 0) is 0 Å². The van der Waals surface area contributed by atoms with Gasteiger partial charge in [-0.15, -0.1) is 11.6 Å². The zero-order valence-corrected chi connectivity index (χ0v) is 10.1. The largest absolute Gasteiger partial charge is 0.301 e. The molecule has 13 heavy (non-hydrogen) atoms. The molecule has 3 heteroatoms. The van der Waals surface area contributed by atoms with E-state index >= 15 is 0 Å². The molecule has 0 fully saturated rings. The Morgan fingerprint density at radius 2 is 2.00 bits per heavy atom. The number of benzene rings is 1. The van der Waals surface area contributed by atoms with Gasteiger partial charge in [-0.1, -0.05) is 34.1 Å². The van der Waals surface area contributed by atoms with Gasteiger partial charge in [-0.3, -0.25) is 0 Å². The molecule has 0 saturated heterocycles. The number of hydrogen-bond acceptors (Lipinski definition) is 1. The zero-order valence-electron chi connectivity index (χ0n) is 7.80. The first-order chi connectivity index (χ1) is 6.16. The van der Waals surface area contributed by atoms with Gasteiger partial charge in [-0.25, -0.2) is 0 Å². The molecular formula is C10H13BrClN. The Bertz CT molecular complexity index is 275. The number of nitrogens with zero attached hydrogens (tertiary/aromatic N) is 1. The van der Waals surface area contributed by atoms with Crippen LogP contribution in [0.1, 0.15) is 11.6 Å². The number of rotatable bonds is 3. The minimum atomic E-state index is 0.275. The fourth-order valence-corrected chi connectivity index (χ4v) is 2.24. The molecular weight excluding hydrogens is 249 g/mol. The average Bonchev–Trinajstić information content (AvgIpc) is 2.09. The van der Waals surface area contributed by atoms with Crippen molar-refractivity contribution in [2.45, 2.75) is 6.04 Å². The van der Waals surface area contributed by atoms with Crippen molar-refractivity contribution in [2.75, 3.05) is 20.0 Å². The monoisotopic (exact) mass is 261 g/mol. The summed E-state index contributed by atoms with van der Waals surface area (Å²) in [6.07, 6.45) is 0. The lowest BCUT2D eigenvalue weighted by Crippen LogP contribution is -2.21. The van der Waals surface area contributed by atoms with Gasteiger partial charge < -0.3 is 4.90 Å². The normalized spacial score (nSPS) is 13.3. The first-order valence-electron chi connectivity index (χ1n) is 4.13. The predicted molar refractivity (Wildman–Crippen MR) is 61.3 cm³/mol. The highest BCUT2D eigenvalue weighted by Crippen LogP contribution is 2.26. The van der Waals surface area contributed by atoms with Gasteiger partial charge >= 0.3 is 0 Å². The van der Waals surface area contributed by atoms with Crippen molar-refractivity contribution in [3.05, 3.63) is 34.3 Å². The molecule has 1 rings (SSSR count). The molecule has 0 amide bonds. The Morgan fingerprint density at radius 3 is 2.46 bits per heavy atom. The van der Waals surface area contributed by atoms with Crippen LogP contribution in [0, 0.1) is 0 Å². The predicted octanol–water partition coefficient (Wildman–Crippen LogP) is 3.29. The van der Waals surface area contributed by atoms with Crippen molar-refractivity contribution < 1.29 is 0 Å². The van der Waals surface area contributed by atoms with E-state index in [1.54, 1.807) is 0 Å². The van der Waals surface area contributed by atoms with E-state index in [0.717, 1.165) is 4.47 Å². The van der Waals surface area contributed by atoms with Gasteiger partial charge in [-0.05, 0) is 25.7 Å². The number of alkyl halides is 1. The van der Waals surface area contributed by atoms with E-state index in [-0.39, 0.29) is 6.04 Å². The molecule has 72 valence electrons. The third-order valence-corrected chi connectivity index (χ3v) is 3.05. The SMILES string of the molecule is CN(C)C(CCl)c1ccccc1Br. The number of hydrogen-bond donors (Lipinski definition) is 0. The smallest absolute Gasteiger partial charge is 0.0488 e. The van der Waals surface area contributed by atoms with Crippen LogP contribution in [0.15, 0.2) is 28.7 Å². The third-order valence-electron chi connectivity index (χ3n) is 2.03. The highest BCUT2D eigenvalue weighted by atomic mass is 79.9. The van der Waals surface area contributed by atoms with Crippen LogP contribution in [0.25, 0.3) is 0 Å². The molecule has 0 aromatic heterocycles. The maximum absolute atomic E-state index is 5.91. The van der Waals surface area contributed by atoms with E-state index in [2.05, 4.69) is 26.9 Å². The Balaban J connectivity index is 2.97. The van der Waals surface area contributed by atoms with E-state index in [1.165, 1.54) is 5.56 Å². The van der Waals surface area contributed by atoms with E-state index in [0.29, 0.717) is 5.88 Å². The Labute approximate surface area is 92.8 Å². The lowest BCUT2D eigenvalue weighted by Gasteiger charge is -2.23. The minimum absolute atomic E-state index is 0.275. The molecule has 0 saturated carbocycles. The van der Waals surface area contributed by atoms with Crippen molar-refractivity contribution in [3.63, 3.8) is 0 Å². The van der Waals surface area contributed by atoms with Crippen molar-refractivity contribution in [1.29, 1.82) is 0 Å². The molecule has 0 radical (unpaired) electrons. The van der Waals surface area contributed by atoms with Crippen LogP contribution in [0.3, 0.4) is 0 Å². The fourth-order valence-electron chi connectivity index (χ4n) is 1.24. The molecule has 0 aliphatic carbocycles. The summed E-state index contributed by atoms with van der Waals surface area (Å²) in [7, 11) is 4.07. The molecule has 0 spiro atoms. The van der Waals surface area contributed by atoms with E-state index in [9.17, 15) is 0 Å². The van der Waals surface area contributed by atoms with Crippen molar-refractivity contribution in [3.8, 4) is 0 Å². The second kappa shape index (κ2) is 4.99. The molecule has 0 heterocycles. The van der Waals surface area contributed by atoms with Crippen molar-refractivity contribution in [2.24, 2.45) is 0 Å². The molecule has 1 atom stereocenters. The van der Waals surface area contributed by atoms with E-state index in [1.807, 2.05) is 32.3 Å². The van der Waals surface area contributed by atoms with Gasteiger partial charge in [0.1, 0.15) is 0 Å². The molecule has 1 unspecified atom stereocenters. The highest BCUT2D eigenvalue weighted by molar-refractivity contribution is 9.10. The van der Waals surface area contributed by atoms with Crippen LogP contribution in [0.5, 0.6) is 0 Å². The summed E-state index contributed by atoms with van der Waals surface area (Å²) in [6, 6.07) is 8.45. The maximum atomic E-state index is 5.91. The van der Waals surface area contributed by atoms with Gasteiger partial charge in [0.15, 0.2) is 0 Å². The zero-order chi connectivity index (χ0) is 9.84. The molecule has 0 bridgehead atoms. The molecule has 0 N–H and O–H groups in total. The second-order valence-corrected chi connectivity index (χ2v) is 4.32. The first kappa shape index (κ1) is 11.0. The first-order valence-corrected chi connectivity index (χ1v) is 5.46. The summed E-state index contributed by atoms with van der Waals surface area (Å²) in [5.74, 6) is 0.607. The minimum Gasteiger partial charge on any atom is -0.301 e. The Hall–Kier alpha value is -0.0500. The summed E-state index contributed by atoms with van der Waals surface area (Å²) in [6.45, 7) is 0. The summed E-state index contributed by atoms with van der Waals surface area (Å²) in [5.41, 5.74) is 1.24. The maximum Gasteiger partial charge on any atom is 0.0488 e. The van der Waals surface area contributed by atoms with Crippen LogP contribution >= 0.6 is 27.5 Å². The van der Waals surface area contributed by atoms with E-state index < -0.39 is 0 Å². The molecule has 1 aromatic carbocycles. The van der Waals surface area contributed by atoms with E-state index in [4.69, 9.17) is 11.6 Å². The third kappa shape index (κ3) is 2.70. The van der Waals surface area contributed by atoms with Crippen molar-refractivity contribution >= 4 is 27.5 Å². The van der Waals surface area contributed by atoms with Crippen LogP contribution in [0.4, 0.5) is 0 Å². The lowest BCUT2D eigenvalue weighted by atomic mass is 10.1. The Kier molecular flexibility index (Phi) is 4.23. The number of halogens is 2. The molecule has 0 aliphatic heterocycles. The van der Waals surface area contributed by atoms with Gasteiger partial charge in [0.25, 0.3) is 0 Å². The van der Waals surface area contributed by atoms with Gasteiger partial charge in [0, 0.05) is 16.4 Å². The quantitative estimate of drug-likeness (QED) is 0.756. The van der Waals surface area contributed by atoms with Gasteiger partial charge in [-0.2, -0.15) is 0 Å². The molecule has 1 nitrogen and oxygen atoms in total. The average molecular weight is 263 g/mol. The summed E-state index contributed by atoms with van der Waals surface area (Å²) >= 11 is 9.43. The van der Waals surface area contributed by atoms with Crippen LogP contribution in [-0.4, -0.2) is 24.9 Å². The fraction of sp³-hybridized carbons (Fsp3) is 0.400. The topological polar surface area (TPSA) is 3.24 Å². The molecule has 0 aliphatic rings. The summed E-state index contributed by atoms with van der Waals surface area (Å²) < 4.78 is 1.12. The lowest BCUT2D eigenvalue weighted by molar-refractivity contribution is 0.323. The molecule has 1 aromatic rings. The van der Waals surface area contributed by atoms with Gasteiger partial charge in [0.2, 0.25) is 0 Å². The summed E-state index contributed by atoms with van der Waals surface area (Å²) in [5, 5.41) is 0. The highest BCUT2D eigenvalue weighted by Gasteiger charge is 2.14. The van der Waals surface area contributed by atoms with Crippen molar-refractivity contribution in [1.82, 2.24) is 4.90 Å². The summed E-state index contributed by atoms with van der Waals surface area (Å²) in [4.78, 5) is 2.12. The van der Waals surface area contributed by atoms with Crippen LogP contribution < -0.4 is 0 Å². The standard InChI is InChI=1S/C10H13BrClN/c1-13(2)10(7-12)8-5-3-4-6-9(8)11/h3-6,10H,7H2,1-2H3. The van der Waals surface area contributed by atoms with Crippen LogP contribution in [0.2, 0.25) is 0 Å². The second-order valence-electron chi connectivity index (χ2n) is 3.16. The Morgan fingerprint density at radius 1 is 1.38 bits per heavy atom.